The van der Waals surface area contributed by atoms with Gasteiger partial charge in [0.05, 0.1) is 49.8 Å². The molecule has 0 unspecified atom stereocenters. The Morgan fingerprint density at radius 3 is 2.52 bits per heavy atom. The summed E-state index contributed by atoms with van der Waals surface area (Å²) in [7, 11) is 0. The lowest BCUT2D eigenvalue weighted by Crippen LogP contribution is -2.34. The molecule has 4 rings (SSSR count). The van der Waals surface area contributed by atoms with Crippen LogP contribution >= 0.6 is 0 Å². The van der Waals surface area contributed by atoms with E-state index >= 15 is 0 Å². The highest BCUT2D eigenvalue weighted by atomic mass is 16.5. The molecular formula is C27H29NO5. The van der Waals surface area contributed by atoms with Crippen LogP contribution in [0, 0.1) is 23.2 Å². The standard InChI is InChI=1S/C27H29NO5/c28-17-22-6-5-21(26-16-24(30)15-25(18-29)33-26)14-23(22)13-20-3-1-19(2-4-20)7-8-27(31)9-11-32-12-10-27/h1-6,14,24-26,29-31H,9-13,15-16,18H2/t24-,25-,26+/m0/s1. The van der Waals surface area contributed by atoms with Crippen molar-refractivity contribution in [3.63, 3.8) is 0 Å². The van der Waals surface area contributed by atoms with Crippen molar-refractivity contribution in [2.24, 2.45) is 0 Å². The first-order valence-corrected chi connectivity index (χ1v) is 11.4. The van der Waals surface area contributed by atoms with Crippen molar-refractivity contribution in [2.45, 2.75) is 56.0 Å². The van der Waals surface area contributed by atoms with E-state index in [2.05, 4.69) is 17.9 Å². The molecule has 0 bridgehead atoms. The topological polar surface area (TPSA) is 103 Å². The van der Waals surface area contributed by atoms with E-state index in [1.807, 2.05) is 36.4 Å². The third kappa shape index (κ3) is 6.00. The number of hydrogen-bond acceptors (Lipinski definition) is 6. The molecule has 2 fully saturated rings. The van der Waals surface area contributed by atoms with E-state index in [-0.39, 0.29) is 18.8 Å². The monoisotopic (exact) mass is 447 g/mol. The SMILES string of the molecule is N#Cc1ccc([C@H]2C[C@@H](O)C[C@@H](CO)O2)cc1Cc1ccc(C#CC2(O)CCOCC2)cc1. The average molecular weight is 448 g/mol. The summed E-state index contributed by atoms with van der Waals surface area (Å²) in [5.74, 6) is 6.05. The van der Waals surface area contributed by atoms with E-state index in [1.165, 1.54) is 0 Å². The largest absolute Gasteiger partial charge is 0.394 e. The molecule has 0 aromatic heterocycles. The molecule has 6 nitrogen and oxygen atoms in total. The summed E-state index contributed by atoms with van der Waals surface area (Å²) in [6.45, 7) is 0.920. The normalized spacial score (nSPS) is 24.4. The second-order valence-electron chi connectivity index (χ2n) is 8.85. The molecule has 3 N–H and O–H groups in total. The van der Waals surface area contributed by atoms with Crippen LogP contribution < -0.4 is 0 Å². The zero-order chi connectivity index (χ0) is 23.3. The van der Waals surface area contributed by atoms with Crippen LogP contribution in [0.5, 0.6) is 0 Å². The minimum atomic E-state index is -0.983. The first kappa shape index (κ1) is 23.4. The molecule has 2 aromatic carbocycles. The van der Waals surface area contributed by atoms with Crippen LogP contribution in [0.15, 0.2) is 42.5 Å². The van der Waals surface area contributed by atoms with Gasteiger partial charge in [-0.25, -0.2) is 0 Å². The Balaban J connectivity index is 1.49. The first-order chi connectivity index (χ1) is 16.0. The molecule has 0 radical (unpaired) electrons. The first-order valence-electron chi connectivity index (χ1n) is 11.4. The fourth-order valence-electron chi connectivity index (χ4n) is 4.34. The van der Waals surface area contributed by atoms with Crippen LogP contribution in [0.3, 0.4) is 0 Å². The summed E-state index contributed by atoms with van der Waals surface area (Å²) in [6.07, 6.45) is 1.29. The second kappa shape index (κ2) is 10.5. The molecule has 2 aliphatic rings. The summed E-state index contributed by atoms with van der Waals surface area (Å²) >= 11 is 0. The lowest BCUT2D eigenvalue weighted by Gasteiger charge is -2.32. The molecule has 2 heterocycles. The van der Waals surface area contributed by atoms with Crippen LogP contribution in [-0.2, 0) is 15.9 Å². The number of aliphatic hydroxyl groups is 3. The van der Waals surface area contributed by atoms with Gasteiger partial charge in [0.15, 0.2) is 0 Å². The number of rotatable bonds is 4. The lowest BCUT2D eigenvalue weighted by atomic mass is 9.92. The van der Waals surface area contributed by atoms with Crippen LogP contribution in [-0.4, -0.2) is 52.9 Å². The zero-order valence-electron chi connectivity index (χ0n) is 18.5. The quantitative estimate of drug-likeness (QED) is 0.623. The summed E-state index contributed by atoms with van der Waals surface area (Å²) < 4.78 is 11.2. The summed E-state index contributed by atoms with van der Waals surface area (Å²) in [5.41, 5.74) is 3.26. The van der Waals surface area contributed by atoms with Gasteiger partial charge in [-0.2, -0.15) is 5.26 Å². The lowest BCUT2D eigenvalue weighted by molar-refractivity contribution is -0.113. The van der Waals surface area contributed by atoms with E-state index in [1.54, 1.807) is 6.07 Å². The highest BCUT2D eigenvalue weighted by Gasteiger charge is 2.29. The second-order valence-corrected chi connectivity index (χ2v) is 8.85. The van der Waals surface area contributed by atoms with Gasteiger partial charge in [-0.05, 0) is 41.3 Å². The van der Waals surface area contributed by atoms with Crippen LogP contribution in [0.25, 0.3) is 0 Å². The predicted octanol–water partition coefficient (Wildman–Crippen LogP) is 2.62. The van der Waals surface area contributed by atoms with Gasteiger partial charge < -0.3 is 24.8 Å². The molecule has 0 aliphatic carbocycles. The van der Waals surface area contributed by atoms with Crippen molar-refractivity contribution >= 4 is 0 Å². The van der Waals surface area contributed by atoms with Crippen molar-refractivity contribution in [1.82, 2.24) is 0 Å². The number of aliphatic hydroxyl groups excluding tert-OH is 2. The highest BCUT2D eigenvalue weighted by Crippen LogP contribution is 2.33. The molecule has 0 amide bonds. The highest BCUT2D eigenvalue weighted by molar-refractivity contribution is 5.45. The molecule has 6 heteroatoms. The Bertz CT molecular complexity index is 1060. The third-order valence-electron chi connectivity index (χ3n) is 6.31. The molecule has 33 heavy (non-hydrogen) atoms. The van der Waals surface area contributed by atoms with Crippen molar-refractivity contribution < 1.29 is 24.8 Å². The van der Waals surface area contributed by atoms with Crippen molar-refractivity contribution in [3.8, 4) is 17.9 Å². The minimum absolute atomic E-state index is 0.128. The third-order valence-corrected chi connectivity index (χ3v) is 6.31. The molecule has 2 aromatic rings. The van der Waals surface area contributed by atoms with Gasteiger partial charge >= 0.3 is 0 Å². The Morgan fingerprint density at radius 2 is 1.82 bits per heavy atom. The Morgan fingerprint density at radius 1 is 1.06 bits per heavy atom. The fraction of sp³-hybridized carbons (Fsp3) is 0.444. The zero-order valence-corrected chi connectivity index (χ0v) is 18.5. The average Bonchev–Trinajstić information content (AvgIpc) is 2.83. The van der Waals surface area contributed by atoms with Gasteiger partial charge in [0, 0.05) is 31.2 Å². The molecule has 2 saturated heterocycles. The summed E-state index contributed by atoms with van der Waals surface area (Å²) in [6, 6.07) is 15.7. The number of ether oxygens (including phenoxy) is 2. The van der Waals surface area contributed by atoms with E-state index in [0.717, 1.165) is 22.3 Å². The molecule has 3 atom stereocenters. The maximum atomic E-state index is 10.5. The van der Waals surface area contributed by atoms with Crippen molar-refractivity contribution in [2.75, 3.05) is 19.8 Å². The summed E-state index contributed by atoms with van der Waals surface area (Å²) in [5, 5.41) is 39.7. The van der Waals surface area contributed by atoms with Crippen LogP contribution in [0.4, 0.5) is 0 Å². The number of hydrogen-bond donors (Lipinski definition) is 3. The number of benzene rings is 2. The molecule has 172 valence electrons. The number of nitrogens with zero attached hydrogens (tertiary/aromatic N) is 1. The van der Waals surface area contributed by atoms with Crippen LogP contribution in [0.1, 0.15) is 59.6 Å². The van der Waals surface area contributed by atoms with Gasteiger partial charge in [0.25, 0.3) is 0 Å². The molecular weight excluding hydrogens is 418 g/mol. The molecule has 0 spiro atoms. The smallest absolute Gasteiger partial charge is 0.130 e. The van der Waals surface area contributed by atoms with Gasteiger partial charge in [-0.15, -0.1) is 0 Å². The van der Waals surface area contributed by atoms with Gasteiger partial charge in [0.1, 0.15) is 5.60 Å². The fourth-order valence-corrected chi connectivity index (χ4v) is 4.34. The Kier molecular flexibility index (Phi) is 7.45. The van der Waals surface area contributed by atoms with Crippen LogP contribution in [0.2, 0.25) is 0 Å². The predicted molar refractivity (Wildman–Crippen MR) is 122 cm³/mol. The molecule has 0 saturated carbocycles. The van der Waals surface area contributed by atoms with Gasteiger partial charge in [0.2, 0.25) is 0 Å². The maximum Gasteiger partial charge on any atom is 0.130 e. The van der Waals surface area contributed by atoms with Gasteiger partial charge in [-0.1, -0.05) is 36.1 Å². The van der Waals surface area contributed by atoms with E-state index < -0.39 is 11.7 Å². The summed E-state index contributed by atoms with van der Waals surface area (Å²) in [4.78, 5) is 0. The Hall–Kier alpha value is -2.71. The minimum Gasteiger partial charge on any atom is -0.394 e. The van der Waals surface area contributed by atoms with E-state index in [9.17, 15) is 20.6 Å². The van der Waals surface area contributed by atoms with E-state index in [4.69, 9.17) is 9.47 Å². The van der Waals surface area contributed by atoms with Gasteiger partial charge in [-0.3, -0.25) is 0 Å². The van der Waals surface area contributed by atoms with Crippen molar-refractivity contribution in [3.05, 3.63) is 70.3 Å². The molecule has 2 aliphatic heterocycles. The van der Waals surface area contributed by atoms with E-state index in [0.29, 0.717) is 50.9 Å². The van der Waals surface area contributed by atoms with Crippen molar-refractivity contribution in [1.29, 1.82) is 5.26 Å². The number of nitriles is 1. The maximum absolute atomic E-state index is 10.5. The Labute approximate surface area is 194 Å².